The highest BCUT2D eigenvalue weighted by Gasteiger charge is 2.16. The summed E-state index contributed by atoms with van der Waals surface area (Å²) in [7, 11) is 0. The summed E-state index contributed by atoms with van der Waals surface area (Å²) in [6.07, 6.45) is 1.42. The number of thioether (sulfide) groups is 1. The Morgan fingerprint density at radius 1 is 1.29 bits per heavy atom. The van der Waals surface area contributed by atoms with Crippen molar-refractivity contribution in [3.8, 4) is 0 Å². The molecule has 0 saturated carbocycles. The largest absolute Gasteiger partial charge is 0.310 e. The summed E-state index contributed by atoms with van der Waals surface area (Å²) in [4.78, 5) is 16.4. The highest BCUT2D eigenvalue weighted by atomic mass is 35.5. The standard InChI is InChI=1S/C14H11ClF2N2OS/c1-8(21-10-3-4-11(16)12(17)6-10)14(20)19-13-5-2-9(15)7-18-13/h2-8H,1H3,(H,18,19,20)/t8-/m1/s1. The minimum absolute atomic E-state index is 0.292. The van der Waals surface area contributed by atoms with Gasteiger partial charge in [-0.15, -0.1) is 11.8 Å². The lowest BCUT2D eigenvalue weighted by Gasteiger charge is -2.11. The lowest BCUT2D eigenvalue weighted by atomic mass is 10.3. The van der Waals surface area contributed by atoms with Crippen LogP contribution in [-0.4, -0.2) is 16.1 Å². The molecule has 0 bridgehead atoms. The van der Waals surface area contributed by atoms with E-state index in [4.69, 9.17) is 11.6 Å². The molecule has 0 aliphatic rings. The summed E-state index contributed by atoms with van der Waals surface area (Å²) in [5.74, 6) is -1.77. The number of pyridine rings is 1. The molecule has 0 fully saturated rings. The van der Waals surface area contributed by atoms with E-state index in [0.717, 1.165) is 23.9 Å². The second kappa shape index (κ2) is 6.87. The fourth-order valence-corrected chi connectivity index (χ4v) is 2.49. The van der Waals surface area contributed by atoms with Crippen LogP contribution in [0.3, 0.4) is 0 Å². The van der Waals surface area contributed by atoms with Crippen LogP contribution in [-0.2, 0) is 4.79 Å². The maximum Gasteiger partial charge on any atom is 0.238 e. The van der Waals surface area contributed by atoms with Gasteiger partial charge < -0.3 is 5.32 Å². The maximum atomic E-state index is 13.1. The van der Waals surface area contributed by atoms with E-state index in [1.54, 1.807) is 19.1 Å². The van der Waals surface area contributed by atoms with Gasteiger partial charge in [-0.1, -0.05) is 11.6 Å². The van der Waals surface area contributed by atoms with Crippen molar-refractivity contribution in [1.29, 1.82) is 0 Å². The fourth-order valence-electron chi connectivity index (χ4n) is 1.49. The van der Waals surface area contributed by atoms with E-state index in [9.17, 15) is 13.6 Å². The lowest BCUT2D eigenvalue weighted by Crippen LogP contribution is -2.22. The molecular weight excluding hydrogens is 318 g/mol. The number of hydrogen-bond donors (Lipinski definition) is 1. The molecule has 1 aromatic heterocycles. The summed E-state index contributed by atoms with van der Waals surface area (Å²) in [5.41, 5.74) is 0. The first-order chi connectivity index (χ1) is 9.95. The van der Waals surface area contributed by atoms with Crippen molar-refractivity contribution >= 4 is 35.1 Å². The Hall–Kier alpha value is -1.66. The Labute approximate surface area is 129 Å². The third-order valence-electron chi connectivity index (χ3n) is 2.55. The van der Waals surface area contributed by atoms with Crippen LogP contribution < -0.4 is 5.32 Å². The highest BCUT2D eigenvalue weighted by Crippen LogP contribution is 2.25. The molecule has 21 heavy (non-hydrogen) atoms. The number of carbonyl (C=O) groups excluding carboxylic acids is 1. The Morgan fingerprint density at radius 2 is 2.05 bits per heavy atom. The van der Waals surface area contributed by atoms with E-state index in [2.05, 4.69) is 10.3 Å². The number of carbonyl (C=O) groups is 1. The van der Waals surface area contributed by atoms with Crippen LogP contribution in [0.25, 0.3) is 0 Å². The van der Waals surface area contributed by atoms with Crippen molar-refractivity contribution < 1.29 is 13.6 Å². The molecule has 7 heteroatoms. The molecule has 1 heterocycles. The molecule has 0 radical (unpaired) electrons. The molecule has 2 rings (SSSR count). The number of rotatable bonds is 4. The molecule has 1 amide bonds. The molecule has 2 aromatic rings. The van der Waals surface area contributed by atoms with E-state index in [1.165, 1.54) is 12.3 Å². The molecule has 1 N–H and O–H groups in total. The zero-order valence-electron chi connectivity index (χ0n) is 10.9. The van der Waals surface area contributed by atoms with Gasteiger partial charge in [0.2, 0.25) is 5.91 Å². The minimum Gasteiger partial charge on any atom is -0.310 e. The predicted molar refractivity (Wildman–Crippen MR) is 79.6 cm³/mol. The summed E-state index contributed by atoms with van der Waals surface area (Å²) in [6, 6.07) is 6.70. The van der Waals surface area contributed by atoms with Gasteiger partial charge >= 0.3 is 0 Å². The topological polar surface area (TPSA) is 42.0 Å². The molecule has 1 aromatic carbocycles. The first-order valence-corrected chi connectivity index (χ1v) is 7.25. The molecule has 0 spiro atoms. The van der Waals surface area contributed by atoms with E-state index >= 15 is 0 Å². The second-order valence-corrected chi connectivity index (χ2v) is 6.04. The van der Waals surface area contributed by atoms with Gasteiger partial charge in [-0.3, -0.25) is 4.79 Å². The van der Waals surface area contributed by atoms with Gasteiger partial charge in [0.15, 0.2) is 11.6 Å². The number of anilines is 1. The average Bonchev–Trinajstić information content (AvgIpc) is 2.45. The number of benzene rings is 1. The first kappa shape index (κ1) is 15.7. The fraction of sp³-hybridized carbons (Fsp3) is 0.143. The Bertz CT molecular complexity index is 652. The number of hydrogen-bond acceptors (Lipinski definition) is 3. The van der Waals surface area contributed by atoms with Crippen LogP contribution in [0.2, 0.25) is 5.02 Å². The minimum atomic E-state index is -0.938. The quantitative estimate of drug-likeness (QED) is 0.858. The molecule has 0 unspecified atom stereocenters. The van der Waals surface area contributed by atoms with Gasteiger partial charge in [0.25, 0.3) is 0 Å². The van der Waals surface area contributed by atoms with E-state index in [-0.39, 0.29) is 5.91 Å². The monoisotopic (exact) mass is 328 g/mol. The summed E-state index contributed by atoms with van der Waals surface area (Å²) in [5, 5.41) is 2.59. The van der Waals surface area contributed by atoms with Crippen molar-refractivity contribution in [3.05, 3.63) is 53.2 Å². The summed E-state index contributed by atoms with van der Waals surface area (Å²) >= 11 is 6.82. The molecule has 110 valence electrons. The molecule has 0 aliphatic carbocycles. The van der Waals surface area contributed by atoms with Gasteiger partial charge in [0.05, 0.1) is 10.3 Å². The molecule has 0 saturated heterocycles. The zero-order chi connectivity index (χ0) is 15.4. The van der Waals surface area contributed by atoms with Crippen LogP contribution >= 0.6 is 23.4 Å². The van der Waals surface area contributed by atoms with Crippen LogP contribution in [0, 0.1) is 11.6 Å². The second-order valence-electron chi connectivity index (χ2n) is 4.19. The van der Waals surface area contributed by atoms with Crippen molar-refractivity contribution in [2.45, 2.75) is 17.1 Å². The van der Waals surface area contributed by atoms with Crippen LogP contribution in [0.4, 0.5) is 14.6 Å². The third kappa shape index (κ3) is 4.41. The van der Waals surface area contributed by atoms with Gasteiger partial charge in [-0.25, -0.2) is 13.8 Å². The van der Waals surface area contributed by atoms with E-state index in [1.807, 2.05) is 0 Å². The van der Waals surface area contributed by atoms with Crippen LogP contribution in [0.15, 0.2) is 41.4 Å². The Balaban J connectivity index is 1.98. The van der Waals surface area contributed by atoms with Crippen molar-refractivity contribution in [2.75, 3.05) is 5.32 Å². The number of aromatic nitrogens is 1. The van der Waals surface area contributed by atoms with Crippen molar-refractivity contribution in [3.63, 3.8) is 0 Å². The highest BCUT2D eigenvalue weighted by molar-refractivity contribution is 8.00. The van der Waals surface area contributed by atoms with Crippen molar-refractivity contribution in [2.24, 2.45) is 0 Å². The Morgan fingerprint density at radius 3 is 2.67 bits per heavy atom. The molecule has 0 aliphatic heterocycles. The molecular formula is C14H11ClF2N2OS. The summed E-state index contributed by atoms with van der Waals surface area (Å²) < 4.78 is 25.9. The Kier molecular flexibility index (Phi) is 5.14. The van der Waals surface area contributed by atoms with Gasteiger partial charge in [0, 0.05) is 11.1 Å². The summed E-state index contributed by atoms with van der Waals surface area (Å²) in [6.45, 7) is 1.66. The number of halogens is 3. The van der Waals surface area contributed by atoms with E-state index in [0.29, 0.717) is 15.7 Å². The number of nitrogens with zero attached hydrogens (tertiary/aromatic N) is 1. The van der Waals surface area contributed by atoms with E-state index < -0.39 is 16.9 Å². The van der Waals surface area contributed by atoms with Gasteiger partial charge in [0.1, 0.15) is 5.82 Å². The smallest absolute Gasteiger partial charge is 0.238 e. The SMILES string of the molecule is C[C@@H](Sc1ccc(F)c(F)c1)C(=O)Nc1ccc(Cl)cn1. The maximum absolute atomic E-state index is 13.1. The van der Waals surface area contributed by atoms with Crippen LogP contribution in [0.1, 0.15) is 6.92 Å². The molecule has 1 atom stereocenters. The normalized spacial score (nSPS) is 12.0. The van der Waals surface area contributed by atoms with Crippen LogP contribution in [0.5, 0.6) is 0 Å². The van der Waals surface area contributed by atoms with Gasteiger partial charge in [-0.05, 0) is 37.3 Å². The zero-order valence-corrected chi connectivity index (χ0v) is 12.5. The first-order valence-electron chi connectivity index (χ1n) is 6.00. The lowest BCUT2D eigenvalue weighted by molar-refractivity contribution is -0.115. The third-order valence-corrected chi connectivity index (χ3v) is 3.87. The van der Waals surface area contributed by atoms with Crippen molar-refractivity contribution in [1.82, 2.24) is 4.98 Å². The van der Waals surface area contributed by atoms with Gasteiger partial charge in [-0.2, -0.15) is 0 Å². The number of nitrogens with one attached hydrogen (secondary N) is 1. The predicted octanol–water partition coefficient (Wildman–Crippen LogP) is 4.13. The average molecular weight is 329 g/mol. The molecule has 3 nitrogen and oxygen atoms in total. The number of amides is 1.